The molecule has 0 saturated heterocycles. The summed E-state index contributed by atoms with van der Waals surface area (Å²) >= 11 is 0. The van der Waals surface area contributed by atoms with Crippen molar-refractivity contribution in [3.05, 3.63) is 69.5 Å². The van der Waals surface area contributed by atoms with Gasteiger partial charge in [-0.2, -0.15) is 5.26 Å². The zero-order valence-electron chi connectivity index (χ0n) is 15.6. The van der Waals surface area contributed by atoms with Gasteiger partial charge in [0.25, 0.3) is 5.56 Å². The zero-order chi connectivity index (χ0) is 19.6. The molecule has 0 bridgehead atoms. The van der Waals surface area contributed by atoms with E-state index in [1.54, 1.807) is 6.92 Å². The molecule has 0 aliphatic heterocycles. The molecule has 0 aliphatic rings. The van der Waals surface area contributed by atoms with E-state index in [4.69, 9.17) is 0 Å². The second-order valence-electron chi connectivity index (χ2n) is 6.54. The van der Waals surface area contributed by atoms with Crippen LogP contribution in [0, 0.1) is 18.3 Å². The predicted molar refractivity (Wildman–Crippen MR) is 108 cm³/mol. The molecular formula is C22H21N3O2. The van der Waals surface area contributed by atoms with Crippen molar-refractivity contribution in [3.63, 3.8) is 0 Å². The second-order valence-corrected chi connectivity index (χ2v) is 6.54. The van der Waals surface area contributed by atoms with Gasteiger partial charge < -0.3 is 5.11 Å². The first-order chi connectivity index (χ1) is 13.0. The van der Waals surface area contributed by atoms with Crippen molar-refractivity contribution in [1.82, 2.24) is 4.57 Å². The highest BCUT2D eigenvalue weighted by Gasteiger charge is 2.20. The van der Waals surface area contributed by atoms with Gasteiger partial charge in [0, 0.05) is 17.6 Å². The fourth-order valence-electron chi connectivity index (χ4n) is 3.14. The quantitative estimate of drug-likeness (QED) is 0.691. The van der Waals surface area contributed by atoms with Gasteiger partial charge >= 0.3 is 0 Å². The molecule has 136 valence electrons. The van der Waals surface area contributed by atoms with Crippen LogP contribution in [0.1, 0.15) is 43.0 Å². The maximum atomic E-state index is 12.6. The third kappa shape index (κ3) is 3.22. The Morgan fingerprint density at radius 3 is 2.67 bits per heavy atom. The van der Waals surface area contributed by atoms with Crippen LogP contribution in [-0.4, -0.2) is 15.9 Å². The van der Waals surface area contributed by atoms with Crippen molar-refractivity contribution >= 4 is 22.7 Å². The first-order valence-electron chi connectivity index (χ1n) is 8.89. The number of benzene rings is 2. The Hall–Kier alpha value is -3.39. The van der Waals surface area contributed by atoms with Crippen molar-refractivity contribution in [2.24, 2.45) is 4.99 Å². The fourth-order valence-corrected chi connectivity index (χ4v) is 3.14. The number of aromatic nitrogens is 1. The Kier molecular flexibility index (Phi) is 5.09. The third-order valence-corrected chi connectivity index (χ3v) is 4.92. The molecule has 0 aliphatic carbocycles. The Bertz CT molecular complexity index is 1130. The summed E-state index contributed by atoms with van der Waals surface area (Å²) in [4.78, 5) is 17.1. The number of aromatic hydroxyl groups is 1. The van der Waals surface area contributed by atoms with E-state index in [2.05, 4.69) is 4.99 Å². The van der Waals surface area contributed by atoms with Gasteiger partial charge in [0.1, 0.15) is 11.6 Å². The summed E-state index contributed by atoms with van der Waals surface area (Å²) in [6.45, 7) is 5.42. The van der Waals surface area contributed by atoms with E-state index < -0.39 is 5.56 Å². The highest BCUT2D eigenvalue weighted by atomic mass is 16.3. The topological polar surface area (TPSA) is 78.4 Å². The van der Waals surface area contributed by atoms with Crippen LogP contribution >= 0.6 is 0 Å². The molecule has 0 amide bonds. The Labute approximate surface area is 157 Å². The monoisotopic (exact) mass is 359 g/mol. The lowest BCUT2D eigenvalue weighted by Gasteiger charge is -2.18. The van der Waals surface area contributed by atoms with E-state index in [1.165, 1.54) is 10.8 Å². The van der Waals surface area contributed by atoms with E-state index in [0.717, 1.165) is 16.5 Å². The summed E-state index contributed by atoms with van der Waals surface area (Å²) in [5.41, 5.74) is 1.14. The molecule has 1 aromatic heterocycles. The van der Waals surface area contributed by atoms with E-state index >= 15 is 0 Å². The molecule has 0 saturated carbocycles. The average Bonchev–Trinajstić information content (AvgIpc) is 2.68. The molecule has 0 fully saturated rings. The number of nitrogens with zero attached hydrogens (tertiary/aromatic N) is 3. The molecule has 1 N–H and O–H groups in total. The van der Waals surface area contributed by atoms with Crippen molar-refractivity contribution in [1.29, 1.82) is 5.26 Å². The Morgan fingerprint density at radius 1 is 1.26 bits per heavy atom. The maximum Gasteiger partial charge on any atom is 0.271 e. The number of aliphatic imine (C=N–C) groups is 1. The van der Waals surface area contributed by atoms with Gasteiger partial charge in [0.15, 0.2) is 0 Å². The zero-order valence-corrected chi connectivity index (χ0v) is 15.6. The SMILES string of the molecule is CCC(C)n1c(O)c(C=Nc2cccc3ccccc23)c(C)c(C#N)c1=O. The molecule has 5 heteroatoms. The highest BCUT2D eigenvalue weighted by molar-refractivity contribution is 5.96. The molecule has 0 spiro atoms. The molecule has 0 radical (unpaired) electrons. The number of pyridine rings is 1. The smallest absolute Gasteiger partial charge is 0.271 e. The Morgan fingerprint density at radius 2 is 1.96 bits per heavy atom. The van der Waals surface area contributed by atoms with Crippen LogP contribution in [0.2, 0.25) is 0 Å². The van der Waals surface area contributed by atoms with Gasteiger partial charge in [-0.1, -0.05) is 43.3 Å². The lowest BCUT2D eigenvalue weighted by molar-refractivity contribution is 0.372. The van der Waals surface area contributed by atoms with Crippen molar-refractivity contribution in [2.75, 3.05) is 0 Å². The molecule has 1 heterocycles. The lowest BCUT2D eigenvalue weighted by Crippen LogP contribution is -2.27. The molecule has 5 nitrogen and oxygen atoms in total. The normalized spacial score (nSPS) is 12.4. The number of hydrogen-bond acceptors (Lipinski definition) is 4. The fraction of sp³-hybridized carbons (Fsp3) is 0.227. The standard InChI is InChI=1S/C22H21N3O2/c1-4-14(2)25-21(26)18(12-23)15(3)19(22(25)27)13-24-20-11-7-9-16-8-5-6-10-17(16)20/h5-11,13-14,27H,4H2,1-3H3. The molecule has 3 aromatic rings. The third-order valence-electron chi connectivity index (χ3n) is 4.92. The Balaban J connectivity index is 2.21. The van der Waals surface area contributed by atoms with Gasteiger partial charge in [0.05, 0.1) is 11.3 Å². The summed E-state index contributed by atoms with van der Waals surface area (Å²) < 4.78 is 1.27. The summed E-state index contributed by atoms with van der Waals surface area (Å²) in [6.07, 6.45) is 2.19. The van der Waals surface area contributed by atoms with Crippen LogP contribution in [0.15, 0.2) is 52.3 Å². The van der Waals surface area contributed by atoms with Crippen LogP contribution in [0.25, 0.3) is 10.8 Å². The van der Waals surface area contributed by atoms with Crippen LogP contribution in [-0.2, 0) is 0 Å². The van der Waals surface area contributed by atoms with Crippen LogP contribution in [0.4, 0.5) is 5.69 Å². The number of rotatable bonds is 4. The number of fused-ring (bicyclic) bond motifs is 1. The highest BCUT2D eigenvalue weighted by Crippen LogP contribution is 2.28. The van der Waals surface area contributed by atoms with E-state index in [9.17, 15) is 15.2 Å². The van der Waals surface area contributed by atoms with Crippen molar-refractivity contribution in [2.45, 2.75) is 33.2 Å². The molecule has 1 atom stereocenters. The summed E-state index contributed by atoms with van der Waals surface area (Å²) in [6, 6.07) is 15.5. The minimum atomic E-state index is -0.468. The maximum absolute atomic E-state index is 12.6. The minimum absolute atomic E-state index is 0.0347. The van der Waals surface area contributed by atoms with Crippen molar-refractivity contribution < 1.29 is 5.11 Å². The van der Waals surface area contributed by atoms with Gasteiger partial charge in [-0.3, -0.25) is 14.4 Å². The predicted octanol–water partition coefficient (Wildman–Crippen LogP) is 4.61. The second kappa shape index (κ2) is 7.46. The molecule has 27 heavy (non-hydrogen) atoms. The molecule has 3 rings (SSSR count). The number of nitriles is 1. The first kappa shape index (κ1) is 18.4. The van der Waals surface area contributed by atoms with E-state index in [-0.39, 0.29) is 17.5 Å². The largest absolute Gasteiger partial charge is 0.494 e. The summed E-state index contributed by atoms with van der Waals surface area (Å²) in [5.74, 6) is -0.158. The van der Waals surface area contributed by atoms with Crippen LogP contribution < -0.4 is 5.56 Å². The van der Waals surface area contributed by atoms with Gasteiger partial charge in [0.2, 0.25) is 5.88 Å². The van der Waals surface area contributed by atoms with Gasteiger partial charge in [-0.05, 0) is 37.3 Å². The summed E-state index contributed by atoms with van der Waals surface area (Å²) in [5, 5.41) is 22.2. The first-order valence-corrected chi connectivity index (χ1v) is 8.89. The summed E-state index contributed by atoms with van der Waals surface area (Å²) in [7, 11) is 0. The van der Waals surface area contributed by atoms with Gasteiger partial charge in [-0.15, -0.1) is 0 Å². The molecule has 2 aromatic carbocycles. The van der Waals surface area contributed by atoms with Crippen LogP contribution in [0.5, 0.6) is 5.88 Å². The van der Waals surface area contributed by atoms with E-state index in [0.29, 0.717) is 17.5 Å². The minimum Gasteiger partial charge on any atom is -0.494 e. The van der Waals surface area contributed by atoms with E-state index in [1.807, 2.05) is 62.4 Å². The van der Waals surface area contributed by atoms with Crippen molar-refractivity contribution in [3.8, 4) is 11.9 Å². The van der Waals surface area contributed by atoms with Crippen LogP contribution in [0.3, 0.4) is 0 Å². The average molecular weight is 359 g/mol. The number of hydrogen-bond donors (Lipinski definition) is 1. The van der Waals surface area contributed by atoms with Gasteiger partial charge in [-0.25, -0.2) is 0 Å². The molecule has 1 unspecified atom stereocenters. The molecular weight excluding hydrogens is 338 g/mol. The lowest BCUT2D eigenvalue weighted by atomic mass is 10.0.